The van der Waals surface area contributed by atoms with Crippen LogP contribution in [0.5, 0.6) is 11.5 Å². The number of nitro benzene ring substituents is 2. The molecule has 12 nitrogen and oxygen atoms in total. The predicted octanol–water partition coefficient (Wildman–Crippen LogP) is 8.37. The minimum atomic E-state index is -1.12. The Hall–Kier alpha value is -7.86. The van der Waals surface area contributed by atoms with Crippen LogP contribution < -0.4 is 9.47 Å². The Morgan fingerprint density at radius 3 is 1.18 bits per heavy atom. The van der Waals surface area contributed by atoms with E-state index in [2.05, 4.69) is 0 Å². The van der Waals surface area contributed by atoms with Crippen LogP contribution in [-0.4, -0.2) is 33.0 Å². The third kappa shape index (κ3) is 4.46. The number of carbonyl (C=O) groups excluding carboxylic acids is 4. The van der Waals surface area contributed by atoms with Gasteiger partial charge in [-0.3, -0.25) is 39.4 Å². The maximum absolute atomic E-state index is 14.5. The molecule has 2 aliphatic carbocycles. The molecular weight excluding hydrogens is 716 g/mol. The van der Waals surface area contributed by atoms with Crippen LogP contribution in [-0.2, 0) is 0 Å². The molecule has 0 saturated carbocycles. The third-order valence-corrected chi connectivity index (χ3v) is 10.8. The molecule has 6 aromatic rings. The number of ketones is 4. The molecule has 2 aliphatic heterocycles. The van der Waals surface area contributed by atoms with Gasteiger partial charge in [-0.05, 0) is 21.9 Å². The topological polar surface area (TPSA) is 173 Å². The summed E-state index contributed by atoms with van der Waals surface area (Å²) in [5, 5.41) is 25.1. The zero-order valence-corrected chi connectivity index (χ0v) is 28.7. The summed E-state index contributed by atoms with van der Waals surface area (Å²) in [5.41, 5.74) is 1.18. The third-order valence-electron chi connectivity index (χ3n) is 10.8. The fraction of sp³-hybridized carbons (Fsp3) is 0.0455. The van der Waals surface area contributed by atoms with Crippen molar-refractivity contribution in [2.24, 2.45) is 0 Å². The lowest BCUT2D eigenvalue weighted by Gasteiger charge is -2.38. The van der Waals surface area contributed by atoms with Gasteiger partial charge in [-0.25, -0.2) is 0 Å². The van der Waals surface area contributed by atoms with Crippen molar-refractivity contribution in [3.63, 3.8) is 0 Å². The van der Waals surface area contributed by atoms with Crippen LogP contribution in [0.2, 0.25) is 0 Å². The van der Waals surface area contributed by atoms with E-state index in [1.807, 2.05) is 0 Å². The van der Waals surface area contributed by atoms with Crippen molar-refractivity contribution >= 4 is 45.3 Å². The number of benzene rings is 6. The van der Waals surface area contributed by atoms with E-state index in [4.69, 9.17) is 9.47 Å². The van der Waals surface area contributed by atoms with Crippen molar-refractivity contribution < 1.29 is 38.5 Å². The van der Waals surface area contributed by atoms with Gasteiger partial charge in [-0.15, -0.1) is 0 Å². The summed E-state index contributed by atoms with van der Waals surface area (Å²) in [4.78, 5) is 80.9. The number of hydrogen-bond donors (Lipinski definition) is 0. The Bertz CT molecular complexity index is 2780. The summed E-state index contributed by atoms with van der Waals surface area (Å²) < 4.78 is 13.2. The van der Waals surface area contributed by atoms with Crippen LogP contribution >= 0.6 is 0 Å². The fourth-order valence-corrected chi connectivity index (χ4v) is 8.48. The molecule has 2 atom stereocenters. The number of nitro groups is 2. The SMILES string of the molecule is O=C1C2=C(C(=O)c3ccccc31)C(c1cccc([N+](=O)[O-])c1)c1c(c3c(c4ccccc14)C(c1cccc([N+](=O)[O-])c1)C1=C(O3)C(=O)c3ccccc3C1=O)O2. The molecule has 4 aliphatic rings. The van der Waals surface area contributed by atoms with Gasteiger partial charge in [0.25, 0.3) is 11.4 Å². The summed E-state index contributed by atoms with van der Waals surface area (Å²) in [6, 6.07) is 31.1. The van der Waals surface area contributed by atoms with Gasteiger partial charge in [0.1, 0.15) is 0 Å². The minimum absolute atomic E-state index is 0.0319. The van der Waals surface area contributed by atoms with E-state index < -0.39 is 44.8 Å². The summed E-state index contributed by atoms with van der Waals surface area (Å²) >= 11 is 0. The average molecular weight is 739 g/mol. The quantitative estimate of drug-likeness (QED) is 0.126. The number of allylic oxidation sites excluding steroid dienone is 4. The van der Waals surface area contributed by atoms with Crippen molar-refractivity contribution in [1.82, 2.24) is 0 Å². The first-order chi connectivity index (χ1) is 27.1. The second-order valence-corrected chi connectivity index (χ2v) is 13.7. The van der Waals surface area contributed by atoms with E-state index >= 15 is 0 Å². The number of carbonyl (C=O) groups is 4. The maximum atomic E-state index is 14.5. The number of nitrogens with zero attached hydrogens (tertiary/aromatic N) is 2. The summed E-state index contributed by atoms with van der Waals surface area (Å²) in [6.45, 7) is 0. The number of ether oxygens (including phenoxy) is 2. The highest BCUT2D eigenvalue weighted by Crippen LogP contribution is 2.60. The van der Waals surface area contributed by atoms with Gasteiger partial charge in [0.05, 0.1) is 21.0 Å². The first-order valence-corrected chi connectivity index (χ1v) is 17.4. The molecule has 0 spiro atoms. The second-order valence-electron chi connectivity index (χ2n) is 13.7. The van der Waals surface area contributed by atoms with Gasteiger partial charge in [-0.1, -0.05) is 97.1 Å². The Kier molecular flexibility index (Phi) is 6.92. The van der Waals surface area contributed by atoms with E-state index in [9.17, 15) is 39.4 Å². The zero-order chi connectivity index (χ0) is 38.6. The molecular formula is C44H22N2O10. The van der Waals surface area contributed by atoms with Crippen LogP contribution in [0.3, 0.4) is 0 Å². The molecule has 0 N–H and O–H groups in total. The number of non-ortho nitro benzene ring substituents is 2. The van der Waals surface area contributed by atoms with Crippen LogP contribution in [0, 0.1) is 20.2 Å². The van der Waals surface area contributed by atoms with Crippen LogP contribution in [0.1, 0.15) is 75.5 Å². The van der Waals surface area contributed by atoms with Crippen LogP contribution in [0.25, 0.3) is 10.8 Å². The van der Waals surface area contributed by atoms with Gasteiger partial charge in [-0.2, -0.15) is 0 Å². The van der Waals surface area contributed by atoms with Crippen molar-refractivity contribution in [3.8, 4) is 11.5 Å². The summed E-state index contributed by atoms with van der Waals surface area (Å²) in [5.74, 6) is -5.20. The lowest BCUT2D eigenvalue weighted by Crippen LogP contribution is -2.34. The largest absolute Gasteiger partial charge is 0.448 e. The van der Waals surface area contributed by atoms with Crippen LogP contribution in [0.4, 0.5) is 11.4 Å². The van der Waals surface area contributed by atoms with Gasteiger partial charge in [0.15, 0.2) is 34.6 Å². The van der Waals surface area contributed by atoms with Crippen molar-refractivity contribution in [3.05, 3.63) is 209 Å². The molecule has 0 aromatic heterocycles. The molecule has 0 radical (unpaired) electrons. The highest BCUT2D eigenvalue weighted by Gasteiger charge is 2.50. The van der Waals surface area contributed by atoms with Gasteiger partial charge in [0.2, 0.25) is 11.6 Å². The first-order valence-electron chi connectivity index (χ1n) is 17.4. The molecule has 12 heteroatoms. The van der Waals surface area contributed by atoms with Crippen molar-refractivity contribution in [2.75, 3.05) is 0 Å². The number of fused-ring (bicyclic) bond motifs is 8. The van der Waals surface area contributed by atoms with Crippen molar-refractivity contribution in [1.29, 1.82) is 0 Å². The molecule has 10 rings (SSSR count). The molecule has 6 aromatic carbocycles. The highest BCUT2D eigenvalue weighted by atomic mass is 16.6. The zero-order valence-electron chi connectivity index (χ0n) is 28.7. The smallest absolute Gasteiger partial charge is 0.269 e. The van der Waals surface area contributed by atoms with Gasteiger partial charge in [0, 0.05) is 69.5 Å². The lowest BCUT2D eigenvalue weighted by atomic mass is 9.70. The molecule has 0 saturated heterocycles. The highest BCUT2D eigenvalue weighted by molar-refractivity contribution is 6.29. The van der Waals surface area contributed by atoms with E-state index in [-0.39, 0.29) is 67.8 Å². The Morgan fingerprint density at radius 1 is 0.446 bits per heavy atom. The Morgan fingerprint density at radius 2 is 0.804 bits per heavy atom. The average Bonchev–Trinajstić information content (AvgIpc) is 3.23. The van der Waals surface area contributed by atoms with E-state index in [1.165, 1.54) is 60.7 Å². The number of Topliss-reactive ketones (excluding diaryl/α,β-unsaturated/α-hetero) is 4. The Balaban J connectivity index is 1.33. The maximum Gasteiger partial charge on any atom is 0.269 e. The van der Waals surface area contributed by atoms with E-state index in [1.54, 1.807) is 60.7 Å². The second kappa shape index (κ2) is 11.8. The molecule has 268 valence electrons. The number of hydrogen-bond acceptors (Lipinski definition) is 10. The molecule has 0 bridgehead atoms. The minimum Gasteiger partial charge on any atom is -0.448 e. The fourth-order valence-electron chi connectivity index (χ4n) is 8.48. The number of rotatable bonds is 4. The summed E-state index contributed by atoms with van der Waals surface area (Å²) in [6.07, 6.45) is 0. The monoisotopic (exact) mass is 738 g/mol. The Labute approximate surface area is 315 Å². The predicted molar refractivity (Wildman–Crippen MR) is 199 cm³/mol. The molecule has 2 heterocycles. The normalized spacial score (nSPS) is 17.9. The summed E-state index contributed by atoms with van der Waals surface area (Å²) in [7, 11) is 0. The molecule has 0 amide bonds. The van der Waals surface area contributed by atoms with Crippen LogP contribution in [0.15, 0.2) is 144 Å². The van der Waals surface area contributed by atoms with E-state index in [0.29, 0.717) is 33.0 Å². The molecule has 56 heavy (non-hydrogen) atoms. The lowest BCUT2D eigenvalue weighted by molar-refractivity contribution is -0.385. The first kappa shape index (κ1) is 32.8. The molecule has 2 unspecified atom stereocenters. The van der Waals surface area contributed by atoms with Gasteiger partial charge < -0.3 is 9.47 Å². The standard InChI is InChI=1S/C44H22N2O10/c47-37-27-15-3-5-17-29(27)39(49)41-35(37)31(21-9-7-11-23(19-21)45(51)52)33-25-13-1-2-14-26(25)34-32(22-10-8-12-24(20-22)46(53)54)36-38(48)28-16-4-6-18-30(28)40(50)42(36)56-44(34)43(33)55-41/h1-20,31-32H. The van der Waals surface area contributed by atoms with E-state index in [0.717, 1.165) is 0 Å². The van der Waals surface area contributed by atoms with Crippen molar-refractivity contribution in [2.45, 2.75) is 11.8 Å². The molecule has 0 fully saturated rings. The van der Waals surface area contributed by atoms with Gasteiger partial charge >= 0.3 is 0 Å².